The Morgan fingerprint density at radius 2 is 1.38 bits per heavy atom. The van der Waals surface area contributed by atoms with Gasteiger partial charge in [0.1, 0.15) is 18.3 Å². The van der Waals surface area contributed by atoms with Crippen LogP contribution in [-0.4, -0.2) is 22.3 Å². The van der Waals surface area contributed by atoms with Crippen molar-refractivity contribution in [1.29, 1.82) is 0 Å². The molecular weight excluding hydrogens is 500 g/mol. The molecule has 1 atom stereocenters. The van der Waals surface area contributed by atoms with Gasteiger partial charge in [0.25, 0.3) is 0 Å². The molecule has 3 N–H and O–H groups in total. The molecule has 0 aliphatic rings. The summed E-state index contributed by atoms with van der Waals surface area (Å²) in [6.07, 6.45) is -0.531. The number of halogens is 1. The van der Waals surface area contributed by atoms with Crippen LogP contribution in [0.15, 0.2) is 115 Å². The number of hydrogen-bond acceptors (Lipinski definition) is 1. The molecule has 0 aliphatic carbocycles. The van der Waals surface area contributed by atoms with Gasteiger partial charge in [-0.1, -0.05) is 115 Å². The van der Waals surface area contributed by atoms with E-state index in [1.54, 1.807) is 0 Å². The van der Waals surface area contributed by atoms with E-state index in [2.05, 4.69) is 139 Å². The topological polar surface area (TPSA) is 41.8 Å². The predicted octanol–water partition coefficient (Wildman–Crippen LogP) is 4.01. The lowest BCUT2D eigenvalue weighted by Crippen LogP contribution is -3.00. The van der Waals surface area contributed by atoms with Crippen LogP contribution >= 0.6 is 0 Å². The standard InChI is InChI=1S/C35H32N2O.ClH/c1-24-17-20-32(25(2)21-24)36-22-29(38)23-37-34(28-14-7-4-8-15-28)33(27-12-5-3-6-13-27)31-19-18-26-11-9-10-16-30(26)35(31)37;/h3-21,29,36,38H,22-23H2,1-2H3;1H. The third-order valence-electron chi connectivity index (χ3n) is 7.48. The molecule has 1 aromatic heterocycles. The number of hydrogen-bond donors (Lipinski definition) is 2. The third kappa shape index (κ3) is 5.22. The van der Waals surface area contributed by atoms with Gasteiger partial charge in [-0.15, -0.1) is 0 Å². The van der Waals surface area contributed by atoms with Crippen LogP contribution in [0.25, 0.3) is 44.1 Å². The zero-order valence-corrected chi connectivity index (χ0v) is 23.1. The number of aliphatic hydroxyl groups excluding tert-OH is 1. The molecule has 6 rings (SSSR count). The number of rotatable bonds is 7. The Morgan fingerprint density at radius 3 is 2.10 bits per heavy atom. The molecule has 39 heavy (non-hydrogen) atoms. The van der Waals surface area contributed by atoms with Gasteiger partial charge in [-0.25, -0.2) is 0 Å². The smallest absolute Gasteiger partial charge is 0.132 e. The lowest BCUT2D eigenvalue weighted by molar-refractivity contribution is -0.580. The third-order valence-corrected chi connectivity index (χ3v) is 7.48. The first-order chi connectivity index (χ1) is 18.6. The molecule has 6 aromatic rings. The molecular formula is C35H33ClN2O. The number of nitrogens with zero attached hydrogens (tertiary/aromatic N) is 1. The number of benzene rings is 5. The maximum absolute atomic E-state index is 11.4. The minimum absolute atomic E-state index is 0. The van der Waals surface area contributed by atoms with Gasteiger partial charge in [-0.3, -0.25) is 0 Å². The molecule has 4 heteroatoms. The molecule has 0 saturated carbocycles. The highest BCUT2D eigenvalue weighted by Gasteiger charge is 2.23. The molecule has 0 amide bonds. The van der Waals surface area contributed by atoms with E-state index < -0.39 is 6.10 Å². The first-order valence-electron chi connectivity index (χ1n) is 13.3. The largest absolute Gasteiger partial charge is 1.00 e. The summed E-state index contributed by atoms with van der Waals surface area (Å²) in [6, 6.07) is 40.7. The summed E-state index contributed by atoms with van der Waals surface area (Å²) in [5.41, 5.74) is 9.55. The number of fused-ring (bicyclic) bond motifs is 3. The average molecular weight is 533 g/mol. The number of quaternary nitrogens is 1. The number of nitrogens with two attached hydrogens (primary N) is 1. The Bertz CT molecular complexity index is 1720. The SMILES string of the molecule is Cc1ccc([NH2+]CC(O)Cn2c(-c3ccccc3)c(-c3ccccc3)c3ccc4ccccc4c32)c(C)c1.[Cl-]. The normalized spacial score (nSPS) is 12.0. The van der Waals surface area contributed by atoms with E-state index in [0.29, 0.717) is 13.1 Å². The fourth-order valence-electron chi connectivity index (χ4n) is 5.70. The minimum atomic E-state index is -0.531. The van der Waals surface area contributed by atoms with Gasteiger partial charge in [0.2, 0.25) is 0 Å². The van der Waals surface area contributed by atoms with Gasteiger partial charge in [0.05, 0.1) is 17.8 Å². The summed E-state index contributed by atoms with van der Waals surface area (Å²) in [7, 11) is 0. The Hall–Kier alpha value is -3.89. The van der Waals surface area contributed by atoms with Gasteiger partial charge in [0, 0.05) is 21.9 Å². The van der Waals surface area contributed by atoms with Crippen molar-refractivity contribution in [1.82, 2.24) is 4.57 Å². The Labute approximate surface area is 236 Å². The van der Waals surface area contributed by atoms with Crippen molar-refractivity contribution in [3.63, 3.8) is 0 Å². The van der Waals surface area contributed by atoms with Crippen LogP contribution in [0, 0.1) is 13.8 Å². The van der Waals surface area contributed by atoms with Crippen LogP contribution in [0.2, 0.25) is 0 Å². The van der Waals surface area contributed by atoms with Gasteiger partial charge in [0.15, 0.2) is 0 Å². The van der Waals surface area contributed by atoms with E-state index in [-0.39, 0.29) is 12.4 Å². The highest BCUT2D eigenvalue weighted by Crippen LogP contribution is 2.43. The first kappa shape index (κ1) is 26.7. The Balaban J connectivity index is 0.00000308. The van der Waals surface area contributed by atoms with E-state index in [0.717, 1.165) is 11.3 Å². The van der Waals surface area contributed by atoms with E-state index in [9.17, 15) is 5.11 Å². The summed E-state index contributed by atoms with van der Waals surface area (Å²) in [6.45, 7) is 5.34. The summed E-state index contributed by atoms with van der Waals surface area (Å²) in [5, 5.41) is 17.2. The van der Waals surface area contributed by atoms with Crippen molar-refractivity contribution in [2.75, 3.05) is 6.54 Å². The monoisotopic (exact) mass is 532 g/mol. The van der Waals surface area contributed by atoms with E-state index in [1.807, 2.05) is 0 Å². The quantitative estimate of drug-likeness (QED) is 0.300. The van der Waals surface area contributed by atoms with E-state index in [1.165, 1.54) is 49.6 Å². The summed E-state index contributed by atoms with van der Waals surface area (Å²) in [5.74, 6) is 0. The molecule has 1 heterocycles. The van der Waals surface area contributed by atoms with Crippen molar-refractivity contribution in [2.24, 2.45) is 0 Å². The fourth-order valence-corrected chi connectivity index (χ4v) is 5.70. The maximum Gasteiger partial charge on any atom is 0.132 e. The zero-order valence-electron chi connectivity index (χ0n) is 22.3. The maximum atomic E-state index is 11.4. The summed E-state index contributed by atoms with van der Waals surface area (Å²) < 4.78 is 2.36. The van der Waals surface area contributed by atoms with Crippen molar-refractivity contribution in [2.45, 2.75) is 26.5 Å². The summed E-state index contributed by atoms with van der Waals surface area (Å²) >= 11 is 0. The molecule has 0 radical (unpaired) electrons. The van der Waals surface area contributed by atoms with E-state index in [4.69, 9.17) is 0 Å². The molecule has 0 fully saturated rings. The lowest BCUT2D eigenvalue weighted by atomic mass is 9.97. The molecule has 0 aliphatic heterocycles. The molecule has 0 bridgehead atoms. The highest BCUT2D eigenvalue weighted by molar-refractivity contribution is 6.15. The zero-order chi connectivity index (χ0) is 26.1. The molecule has 196 valence electrons. The van der Waals surface area contributed by atoms with E-state index >= 15 is 0 Å². The van der Waals surface area contributed by atoms with Gasteiger partial charge in [-0.05, 0) is 36.4 Å². The van der Waals surface area contributed by atoms with Gasteiger partial charge >= 0.3 is 0 Å². The van der Waals surface area contributed by atoms with Crippen molar-refractivity contribution in [3.05, 3.63) is 126 Å². The minimum Gasteiger partial charge on any atom is -1.00 e. The van der Waals surface area contributed by atoms with Crippen LogP contribution < -0.4 is 17.7 Å². The van der Waals surface area contributed by atoms with Crippen molar-refractivity contribution in [3.8, 4) is 22.4 Å². The second-order valence-corrected chi connectivity index (χ2v) is 10.2. The lowest BCUT2D eigenvalue weighted by Gasteiger charge is -2.17. The molecule has 0 spiro atoms. The van der Waals surface area contributed by atoms with Crippen LogP contribution in [0.4, 0.5) is 5.69 Å². The second kappa shape index (κ2) is 11.5. The molecule has 3 nitrogen and oxygen atoms in total. The Kier molecular flexibility index (Phi) is 7.85. The second-order valence-electron chi connectivity index (χ2n) is 10.2. The molecule has 5 aromatic carbocycles. The van der Waals surface area contributed by atoms with Crippen LogP contribution in [0.3, 0.4) is 0 Å². The number of aromatic nitrogens is 1. The average Bonchev–Trinajstić information content (AvgIpc) is 3.28. The number of aryl methyl sites for hydroxylation is 2. The predicted molar refractivity (Wildman–Crippen MR) is 159 cm³/mol. The highest BCUT2D eigenvalue weighted by atomic mass is 35.5. The first-order valence-corrected chi connectivity index (χ1v) is 13.3. The molecule has 0 saturated heterocycles. The number of aliphatic hydroxyl groups is 1. The van der Waals surface area contributed by atoms with Crippen LogP contribution in [0.5, 0.6) is 0 Å². The van der Waals surface area contributed by atoms with Gasteiger partial charge < -0.3 is 27.4 Å². The van der Waals surface area contributed by atoms with Gasteiger partial charge in [-0.2, -0.15) is 0 Å². The van der Waals surface area contributed by atoms with Crippen molar-refractivity contribution < 1.29 is 22.8 Å². The molecule has 1 unspecified atom stereocenters. The van der Waals surface area contributed by atoms with Crippen LogP contribution in [0.1, 0.15) is 11.1 Å². The van der Waals surface area contributed by atoms with Crippen molar-refractivity contribution >= 4 is 27.4 Å². The van der Waals surface area contributed by atoms with Crippen LogP contribution in [-0.2, 0) is 6.54 Å². The summed E-state index contributed by atoms with van der Waals surface area (Å²) in [4.78, 5) is 0. The fraction of sp³-hybridized carbons (Fsp3) is 0.143. The Morgan fingerprint density at radius 1 is 0.718 bits per heavy atom.